The molecule has 1 aliphatic heterocycles. The summed E-state index contributed by atoms with van der Waals surface area (Å²) >= 11 is 1.83. The number of benzene rings is 5. The first-order valence-corrected chi connectivity index (χ1v) is 17.1. The van der Waals surface area contributed by atoms with Crippen molar-refractivity contribution in [3.8, 4) is 17.3 Å². The number of rotatable bonds is 5. The lowest BCUT2D eigenvalue weighted by Gasteiger charge is -2.22. The summed E-state index contributed by atoms with van der Waals surface area (Å²) in [6, 6.07) is 47.0. The molecular formula is C42H34N4OS. The Balaban J connectivity index is 1.11. The van der Waals surface area contributed by atoms with Crippen LogP contribution in [0, 0.1) is 0 Å². The van der Waals surface area contributed by atoms with Gasteiger partial charge in [0, 0.05) is 45.2 Å². The van der Waals surface area contributed by atoms with E-state index in [4.69, 9.17) is 9.72 Å². The Morgan fingerprint density at radius 1 is 0.646 bits per heavy atom. The van der Waals surface area contributed by atoms with Gasteiger partial charge in [0.2, 0.25) is 0 Å². The van der Waals surface area contributed by atoms with Crippen LogP contribution in [0.25, 0.3) is 37.0 Å². The van der Waals surface area contributed by atoms with Crippen LogP contribution < -0.4 is 14.5 Å². The van der Waals surface area contributed by atoms with Crippen molar-refractivity contribution in [2.24, 2.45) is 0 Å². The number of hydrogen-bond acceptors (Lipinski definition) is 5. The van der Waals surface area contributed by atoms with Crippen molar-refractivity contribution >= 4 is 65.3 Å². The highest BCUT2D eigenvalue weighted by Gasteiger charge is 2.28. The quantitative estimate of drug-likeness (QED) is 0.187. The van der Waals surface area contributed by atoms with E-state index >= 15 is 0 Å². The number of fused-ring (bicyclic) bond motifs is 6. The lowest BCUT2D eigenvalue weighted by atomic mass is 9.88. The predicted octanol–water partition coefficient (Wildman–Crippen LogP) is 11.7. The molecule has 4 heterocycles. The highest BCUT2D eigenvalue weighted by atomic mass is 32.1. The fourth-order valence-electron chi connectivity index (χ4n) is 6.82. The summed E-state index contributed by atoms with van der Waals surface area (Å²) < 4.78 is 11.5. The minimum absolute atomic E-state index is 0.0290. The van der Waals surface area contributed by atoms with Gasteiger partial charge < -0.3 is 14.5 Å². The van der Waals surface area contributed by atoms with Crippen molar-refractivity contribution in [1.29, 1.82) is 0 Å². The first-order valence-electron chi connectivity index (χ1n) is 16.3. The topological polar surface area (TPSA) is 33.5 Å². The van der Waals surface area contributed by atoms with Gasteiger partial charge in [-0.25, -0.2) is 4.98 Å². The summed E-state index contributed by atoms with van der Waals surface area (Å²) in [5, 5.41) is 2.43. The van der Waals surface area contributed by atoms with E-state index < -0.39 is 0 Å². The molecule has 0 bridgehead atoms. The zero-order chi connectivity index (χ0) is 32.4. The second kappa shape index (κ2) is 11.0. The van der Waals surface area contributed by atoms with Gasteiger partial charge in [-0.3, -0.25) is 4.57 Å². The fraction of sp³-hybridized carbons (Fsp3) is 0.119. The second-order valence-corrected chi connectivity index (χ2v) is 14.4. The number of pyridine rings is 1. The van der Waals surface area contributed by atoms with Crippen LogP contribution in [0.2, 0.25) is 0 Å². The van der Waals surface area contributed by atoms with E-state index in [1.54, 1.807) is 0 Å². The molecule has 234 valence electrons. The van der Waals surface area contributed by atoms with Crippen LogP contribution in [-0.2, 0) is 5.41 Å². The van der Waals surface area contributed by atoms with Crippen molar-refractivity contribution in [3.63, 3.8) is 0 Å². The van der Waals surface area contributed by atoms with Crippen molar-refractivity contribution in [2.45, 2.75) is 26.2 Å². The minimum Gasteiger partial charge on any atom is -0.457 e. The van der Waals surface area contributed by atoms with Crippen LogP contribution >= 0.6 is 11.3 Å². The largest absolute Gasteiger partial charge is 0.457 e. The van der Waals surface area contributed by atoms with E-state index in [0.29, 0.717) is 0 Å². The van der Waals surface area contributed by atoms with Gasteiger partial charge in [0.15, 0.2) is 0 Å². The Kier molecular flexibility index (Phi) is 6.56. The fourth-order valence-corrected chi connectivity index (χ4v) is 8.05. The van der Waals surface area contributed by atoms with Gasteiger partial charge in [-0.1, -0.05) is 81.4 Å². The van der Waals surface area contributed by atoms with Crippen molar-refractivity contribution in [3.05, 3.63) is 145 Å². The molecule has 0 N–H and O–H groups in total. The van der Waals surface area contributed by atoms with Crippen LogP contribution in [0.5, 0.6) is 11.5 Å². The molecule has 6 heteroatoms. The maximum Gasteiger partial charge on any atom is 0.137 e. The van der Waals surface area contributed by atoms with Crippen LogP contribution in [-0.4, -0.2) is 16.2 Å². The molecule has 0 atom stereocenters. The Morgan fingerprint density at radius 3 is 2.12 bits per heavy atom. The molecule has 0 aliphatic carbocycles. The first-order chi connectivity index (χ1) is 23.4. The van der Waals surface area contributed by atoms with Gasteiger partial charge >= 0.3 is 0 Å². The highest BCUT2D eigenvalue weighted by molar-refractivity contribution is 7.26. The molecule has 5 aromatic carbocycles. The Bertz CT molecular complexity index is 2460. The van der Waals surface area contributed by atoms with Crippen molar-refractivity contribution in [1.82, 2.24) is 9.55 Å². The van der Waals surface area contributed by atoms with E-state index in [1.807, 2.05) is 23.6 Å². The number of hydrogen-bond donors (Lipinski definition) is 0. The third-order valence-corrected chi connectivity index (χ3v) is 10.5. The van der Waals surface area contributed by atoms with Gasteiger partial charge in [-0.2, -0.15) is 0 Å². The van der Waals surface area contributed by atoms with Gasteiger partial charge in [0.05, 0.1) is 27.1 Å². The van der Waals surface area contributed by atoms with E-state index in [2.05, 4.69) is 163 Å². The third kappa shape index (κ3) is 4.71. The summed E-state index contributed by atoms with van der Waals surface area (Å²) in [7, 11) is 0. The van der Waals surface area contributed by atoms with E-state index in [1.165, 1.54) is 48.3 Å². The number of ether oxygens (including phenoxy) is 1. The molecule has 0 amide bonds. The van der Waals surface area contributed by atoms with Crippen molar-refractivity contribution < 1.29 is 4.74 Å². The minimum atomic E-state index is 0.0290. The van der Waals surface area contributed by atoms with Crippen LogP contribution in [0.1, 0.15) is 26.3 Å². The molecule has 5 nitrogen and oxygen atoms in total. The average Bonchev–Trinajstić information content (AvgIpc) is 3.78. The molecular weight excluding hydrogens is 609 g/mol. The number of nitrogens with zero attached hydrogens (tertiary/aromatic N) is 4. The van der Waals surface area contributed by atoms with Crippen molar-refractivity contribution in [2.75, 3.05) is 16.5 Å². The number of para-hydroxylation sites is 3. The molecule has 0 saturated carbocycles. The van der Waals surface area contributed by atoms with E-state index in [0.717, 1.165) is 35.2 Å². The predicted molar refractivity (Wildman–Crippen MR) is 201 cm³/mol. The monoisotopic (exact) mass is 642 g/mol. The molecule has 48 heavy (non-hydrogen) atoms. The lowest BCUT2D eigenvalue weighted by molar-refractivity contribution is 0.483. The summed E-state index contributed by atoms with van der Waals surface area (Å²) in [5.41, 5.74) is 8.14. The third-order valence-electron chi connectivity index (χ3n) is 9.27. The van der Waals surface area contributed by atoms with Gasteiger partial charge in [0.25, 0.3) is 0 Å². The van der Waals surface area contributed by atoms with Crippen LogP contribution in [0.4, 0.5) is 22.7 Å². The zero-order valence-electron chi connectivity index (χ0n) is 27.1. The Labute approximate surface area is 283 Å². The van der Waals surface area contributed by atoms with Crippen LogP contribution in [0.15, 0.2) is 140 Å². The first kappa shape index (κ1) is 28.6. The average molecular weight is 643 g/mol. The molecule has 3 aromatic heterocycles. The second-order valence-electron chi connectivity index (χ2n) is 13.4. The molecule has 0 spiro atoms. The lowest BCUT2D eigenvalue weighted by Crippen LogP contribution is -2.23. The molecule has 9 rings (SSSR count). The number of aromatic nitrogens is 2. The molecule has 0 fully saturated rings. The zero-order valence-corrected chi connectivity index (χ0v) is 27.9. The summed E-state index contributed by atoms with van der Waals surface area (Å²) in [5.74, 6) is 2.48. The van der Waals surface area contributed by atoms with Gasteiger partial charge in [-0.15, -0.1) is 11.3 Å². The molecule has 0 unspecified atom stereocenters. The molecule has 8 aromatic rings. The van der Waals surface area contributed by atoms with Gasteiger partial charge in [-0.05, 0) is 71.6 Å². The molecule has 0 saturated heterocycles. The summed E-state index contributed by atoms with van der Waals surface area (Å²) in [6.07, 6.45) is 2.02. The summed E-state index contributed by atoms with van der Waals surface area (Å²) in [4.78, 5) is 9.70. The maximum atomic E-state index is 6.63. The Hall–Kier alpha value is -5.59. The van der Waals surface area contributed by atoms with Crippen LogP contribution in [0.3, 0.4) is 0 Å². The Morgan fingerprint density at radius 2 is 1.35 bits per heavy atom. The number of anilines is 4. The SMILES string of the molecule is CC(C)(C)c1ccc(-n2c3cc(Oc4cccc(N5CN(c6ccccc6)c6ccccc65)c4)ccc3c3sc4ccccc4c32)nc1. The normalized spacial score (nSPS) is 13.1. The highest BCUT2D eigenvalue weighted by Crippen LogP contribution is 2.46. The van der Waals surface area contributed by atoms with E-state index in [-0.39, 0.29) is 5.41 Å². The summed E-state index contributed by atoms with van der Waals surface area (Å²) in [6.45, 7) is 7.39. The van der Waals surface area contributed by atoms with Gasteiger partial charge in [0.1, 0.15) is 24.0 Å². The standard InChI is InChI=1S/C42H34N4OS/c1-42(2,3)28-20-23-39(43-26-28)46-37-25-32(21-22-33(37)41-40(46)34-16-7-10-19-38(34)48-41)47-31-15-11-14-30(24-31)45-27-44(29-12-5-4-6-13-29)35-17-8-9-18-36(35)45/h4-26H,27H2,1-3H3. The number of thiophene rings is 1. The molecule has 0 radical (unpaired) electrons. The molecule has 1 aliphatic rings. The maximum absolute atomic E-state index is 6.63. The van der Waals surface area contributed by atoms with E-state index in [9.17, 15) is 0 Å². The smallest absolute Gasteiger partial charge is 0.137 e.